The van der Waals surface area contributed by atoms with Crippen LogP contribution in [0.4, 0.5) is 11.4 Å². The van der Waals surface area contributed by atoms with Crippen LogP contribution in [0.1, 0.15) is 92.2 Å². The molecule has 2 aliphatic heterocycles. The van der Waals surface area contributed by atoms with E-state index in [1.807, 2.05) is 0 Å². The monoisotopic (exact) mass is 838 g/mol. The Labute approximate surface area is 383 Å². The fourth-order valence-electron chi connectivity index (χ4n) is 11.2. The van der Waals surface area contributed by atoms with E-state index in [4.69, 9.17) is 0 Å². The molecule has 2 nitrogen and oxygen atoms in total. The number of hydrogen-bond donors (Lipinski definition) is 0. The molecule has 0 saturated heterocycles. The van der Waals surface area contributed by atoms with Crippen LogP contribution in [-0.2, 0) is 36.5 Å². The lowest BCUT2D eigenvalue weighted by Crippen LogP contribution is -2.39. The van der Waals surface area contributed by atoms with Crippen LogP contribution in [0.3, 0.4) is 0 Å². The maximum Gasteiger partial charge on any atom is 0.210 e. The second kappa shape index (κ2) is 20.1. The van der Waals surface area contributed by atoms with Gasteiger partial charge in [0.2, 0.25) is 5.69 Å². The summed E-state index contributed by atoms with van der Waals surface area (Å²) in [7, 11) is 0. The van der Waals surface area contributed by atoms with E-state index in [2.05, 4.69) is 224 Å². The SMILES string of the molecule is CCCCCCN1C(=CC=CC2=[N+](CCCCC)c3ccc4ccccc4c3C2(Cc2ccccc2)Cc2ccccc2)C(Cc2ccccc2)(Cc2ccccc2)c2ccccc21. The largest absolute Gasteiger partial charge is 0.344 e. The smallest absolute Gasteiger partial charge is 0.210 e. The Balaban J connectivity index is 1.28. The highest BCUT2D eigenvalue weighted by molar-refractivity contribution is 6.08. The minimum atomic E-state index is -0.316. The lowest BCUT2D eigenvalue weighted by Gasteiger charge is -2.35. The molecular weight excluding hydrogens is 773 g/mol. The fourth-order valence-corrected chi connectivity index (χ4v) is 11.2. The van der Waals surface area contributed by atoms with Crippen LogP contribution in [-0.4, -0.2) is 23.4 Å². The standard InChI is InChI=1S/C62H65N2/c1-3-5-7-25-44-63-56-38-23-22-37-55(56)61(45-49-27-12-8-13-28-49,46-50-29-14-9-15-30-50)58(63)39-26-40-59-62(47-51-31-16-10-17-32-51,48-52-33-18-11-19-34-52)60-54-36-21-20-35-53(54)41-42-57(60)64(59)43-24-6-4-2/h8-23,26-42H,3-7,24-25,43-48H2,1-2H3/q+1. The zero-order valence-corrected chi connectivity index (χ0v) is 38.1. The van der Waals surface area contributed by atoms with Crippen LogP contribution in [0.25, 0.3) is 10.8 Å². The molecule has 2 aliphatic rings. The third-order valence-electron chi connectivity index (χ3n) is 14.1. The van der Waals surface area contributed by atoms with Crippen LogP contribution >= 0.6 is 0 Å². The topological polar surface area (TPSA) is 6.25 Å². The van der Waals surface area contributed by atoms with Gasteiger partial charge in [0.05, 0.1) is 5.41 Å². The quantitative estimate of drug-likeness (QED) is 0.0581. The van der Waals surface area contributed by atoms with Crippen LogP contribution in [0.15, 0.2) is 206 Å². The third-order valence-corrected chi connectivity index (χ3v) is 14.1. The molecule has 0 amide bonds. The molecule has 2 heteroatoms. The van der Waals surface area contributed by atoms with Gasteiger partial charge in [-0.2, -0.15) is 4.58 Å². The predicted octanol–water partition coefficient (Wildman–Crippen LogP) is 15.1. The molecule has 0 N–H and O–H groups in total. The molecule has 9 rings (SSSR count). The van der Waals surface area contributed by atoms with E-state index in [0.717, 1.165) is 51.6 Å². The van der Waals surface area contributed by atoms with Gasteiger partial charge in [0, 0.05) is 47.5 Å². The van der Waals surface area contributed by atoms with Crippen molar-refractivity contribution in [1.82, 2.24) is 0 Å². The second-order valence-electron chi connectivity index (χ2n) is 18.4. The number of para-hydroxylation sites is 1. The molecule has 0 aromatic heterocycles. The number of fused-ring (bicyclic) bond motifs is 4. The number of benzene rings is 7. The van der Waals surface area contributed by atoms with E-state index in [0.29, 0.717) is 0 Å². The molecule has 0 atom stereocenters. The van der Waals surface area contributed by atoms with Gasteiger partial charge < -0.3 is 4.90 Å². The van der Waals surface area contributed by atoms with Crippen molar-refractivity contribution in [3.63, 3.8) is 0 Å². The predicted molar refractivity (Wildman–Crippen MR) is 272 cm³/mol. The summed E-state index contributed by atoms with van der Waals surface area (Å²) in [6.07, 6.45) is 19.7. The van der Waals surface area contributed by atoms with E-state index < -0.39 is 0 Å². The number of unbranched alkanes of at least 4 members (excludes halogenated alkanes) is 5. The molecule has 2 heterocycles. The molecule has 7 aromatic rings. The van der Waals surface area contributed by atoms with E-state index >= 15 is 0 Å². The van der Waals surface area contributed by atoms with Gasteiger partial charge in [-0.05, 0) is 95.3 Å². The van der Waals surface area contributed by atoms with Crippen LogP contribution in [0.2, 0.25) is 0 Å². The Morgan fingerprint density at radius 3 is 1.59 bits per heavy atom. The molecule has 0 unspecified atom stereocenters. The van der Waals surface area contributed by atoms with Crippen molar-refractivity contribution < 1.29 is 4.58 Å². The molecule has 7 aromatic carbocycles. The van der Waals surface area contributed by atoms with E-state index in [1.165, 1.54) is 99.0 Å². The molecule has 322 valence electrons. The van der Waals surface area contributed by atoms with Gasteiger partial charge in [-0.1, -0.05) is 209 Å². The average Bonchev–Trinajstić information content (AvgIpc) is 3.73. The van der Waals surface area contributed by atoms with Crippen molar-refractivity contribution in [2.45, 2.75) is 95.3 Å². The molecule has 0 spiro atoms. The van der Waals surface area contributed by atoms with Gasteiger partial charge in [-0.25, -0.2) is 0 Å². The highest BCUT2D eigenvalue weighted by Gasteiger charge is 2.52. The fraction of sp³-hybridized carbons (Fsp3) is 0.274. The van der Waals surface area contributed by atoms with Crippen molar-refractivity contribution in [3.8, 4) is 0 Å². The first-order valence-electron chi connectivity index (χ1n) is 24.2. The van der Waals surface area contributed by atoms with Crippen LogP contribution in [0, 0.1) is 0 Å². The molecule has 0 fully saturated rings. The van der Waals surface area contributed by atoms with Gasteiger partial charge in [-0.3, -0.25) is 0 Å². The van der Waals surface area contributed by atoms with Gasteiger partial charge in [0.1, 0.15) is 6.54 Å². The Kier molecular flexibility index (Phi) is 13.5. The minimum absolute atomic E-state index is 0.264. The maximum atomic E-state index is 2.73. The summed E-state index contributed by atoms with van der Waals surface area (Å²) in [6, 6.07) is 68.3. The third kappa shape index (κ3) is 8.81. The van der Waals surface area contributed by atoms with Gasteiger partial charge in [0.15, 0.2) is 5.71 Å². The van der Waals surface area contributed by atoms with Crippen LogP contribution < -0.4 is 4.90 Å². The summed E-state index contributed by atoms with van der Waals surface area (Å²) < 4.78 is 2.73. The second-order valence-corrected chi connectivity index (χ2v) is 18.4. The van der Waals surface area contributed by atoms with Crippen molar-refractivity contribution in [2.75, 3.05) is 18.0 Å². The highest BCUT2D eigenvalue weighted by atomic mass is 15.2. The first-order chi connectivity index (χ1) is 31.6. The maximum absolute atomic E-state index is 2.73. The summed E-state index contributed by atoms with van der Waals surface area (Å²) in [4.78, 5) is 2.71. The van der Waals surface area contributed by atoms with Crippen LogP contribution in [0.5, 0.6) is 0 Å². The van der Waals surface area contributed by atoms with E-state index in [-0.39, 0.29) is 10.8 Å². The summed E-state index contributed by atoms with van der Waals surface area (Å²) in [6.45, 7) is 6.63. The lowest BCUT2D eigenvalue weighted by molar-refractivity contribution is -0.438. The number of rotatable bonds is 19. The number of anilines is 1. The van der Waals surface area contributed by atoms with Crippen molar-refractivity contribution in [2.24, 2.45) is 0 Å². The highest BCUT2D eigenvalue weighted by Crippen LogP contribution is 2.53. The zero-order valence-electron chi connectivity index (χ0n) is 38.1. The molecular formula is C62H65N2+. The van der Waals surface area contributed by atoms with Gasteiger partial charge in [-0.15, -0.1) is 0 Å². The summed E-state index contributed by atoms with van der Waals surface area (Å²) >= 11 is 0. The van der Waals surface area contributed by atoms with Gasteiger partial charge in [0.25, 0.3) is 0 Å². The summed E-state index contributed by atoms with van der Waals surface area (Å²) in [5.74, 6) is 0. The Morgan fingerprint density at radius 2 is 1.00 bits per heavy atom. The normalized spacial score (nSPS) is 15.7. The number of hydrogen-bond acceptors (Lipinski definition) is 1. The Bertz CT molecular complexity index is 2630. The molecule has 0 bridgehead atoms. The first kappa shape index (κ1) is 43.0. The Hall–Kier alpha value is -6.25. The van der Waals surface area contributed by atoms with E-state index in [1.54, 1.807) is 0 Å². The average molecular weight is 838 g/mol. The molecule has 0 aliphatic carbocycles. The van der Waals surface area contributed by atoms with Crippen molar-refractivity contribution >= 4 is 27.9 Å². The number of nitrogens with zero attached hydrogens (tertiary/aromatic N) is 2. The summed E-state index contributed by atoms with van der Waals surface area (Å²) in [5.41, 5.74) is 13.3. The van der Waals surface area contributed by atoms with Crippen molar-refractivity contribution in [1.29, 1.82) is 0 Å². The van der Waals surface area contributed by atoms with Gasteiger partial charge >= 0.3 is 0 Å². The van der Waals surface area contributed by atoms with Crippen molar-refractivity contribution in [3.05, 3.63) is 239 Å². The van der Waals surface area contributed by atoms with E-state index in [9.17, 15) is 0 Å². The Morgan fingerprint density at radius 1 is 0.484 bits per heavy atom. The molecule has 0 radical (unpaired) electrons. The lowest BCUT2D eigenvalue weighted by atomic mass is 9.67. The molecule has 0 saturated carbocycles. The zero-order chi connectivity index (χ0) is 43.6. The minimum Gasteiger partial charge on any atom is -0.344 e. The molecule has 64 heavy (non-hydrogen) atoms. The number of allylic oxidation sites excluding steroid dienone is 4. The summed E-state index contributed by atoms with van der Waals surface area (Å²) in [5, 5.41) is 2.67. The first-order valence-corrected chi connectivity index (χ1v) is 24.2.